The van der Waals surface area contributed by atoms with Crippen LogP contribution in [0.4, 0.5) is 22.7 Å². The number of hydrogen-bond acceptors (Lipinski definition) is 6. The van der Waals surface area contributed by atoms with Crippen LogP contribution in [0.15, 0.2) is 23.8 Å². The standard InChI is InChI=1S/C11H8F4N4O2S/c12-9(13)11(14,15)4-21-7-2-1-6(3-16-7)8(20)18-10-19-17-5-22-10/h1-3,5,9H,4H2,(H,18,19,20). The van der Waals surface area contributed by atoms with Crippen molar-refractivity contribution in [1.82, 2.24) is 15.2 Å². The van der Waals surface area contributed by atoms with Crippen LogP contribution in [-0.2, 0) is 0 Å². The molecular formula is C11H8F4N4O2S. The summed E-state index contributed by atoms with van der Waals surface area (Å²) in [6, 6.07) is 2.37. The fraction of sp³-hybridized carbons (Fsp3) is 0.273. The third kappa shape index (κ3) is 4.10. The summed E-state index contributed by atoms with van der Waals surface area (Å²) in [5.74, 6) is -5.10. The van der Waals surface area contributed by atoms with Gasteiger partial charge in [0.2, 0.25) is 11.0 Å². The molecule has 1 amide bonds. The summed E-state index contributed by atoms with van der Waals surface area (Å²) >= 11 is 1.11. The number of aromatic nitrogens is 3. The van der Waals surface area contributed by atoms with E-state index >= 15 is 0 Å². The van der Waals surface area contributed by atoms with Crippen molar-refractivity contribution in [1.29, 1.82) is 0 Å². The molecule has 0 saturated heterocycles. The highest BCUT2D eigenvalue weighted by atomic mass is 32.1. The van der Waals surface area contributed by atoms with E-state index in [1.165, 1.54) is 11.6 Å². The van der Waals surface area contributed by atoms with Crippen LogP contribution >= 0.6 is 11.3 Å². The minimum Gasteiger partial charge on any atom is -0.471 e. The molecule has 2 aromatic heterocycles. The molecule has 0 aromatic carbocycles. The minimum absolute atomic E-state index is 0.114. The Kier molecular flexibility index (Phi) is 4.85. The Labute approximate surface area is 125 Å². The summed E-state index contributed by atoms with van der Waals surface area (Å²) in [5.41, 5.74) is 1.54. The maximum Gasteiger partial charge on any atom is 0.340 e. The average Bonchev–Trinajstić information content (AvgIpc) is 2.98. The van der Waals surface area contributed by atoms with E-state index in [0.29, 0.717) is 0 Å². The van der Waals surface area contributed by atoms with Crippen molar-refractivity contribution in [3.8, 4) is 5.88 Å². The van der Waals surface area contributed by atoms with Crippen molar-refractivity contribution in [2.24, 2.45) is 0 Å². The summed E-state index contributed by atoms with van der Waals surface area (Å²) in [6.45, 7) is -1.51. The number of ether oxygens (including phenoxy) is 1. The van der Waals surface area contributed by atoms with Crippen LogP contribution in [0.2, 0.25) is 0 Å². The third-order valence-electron chi connectivity index (χ3n) is 2.31. The molecule has 0 unspecified atom stereocenters. The van der Waals surface area contributed by atoms with Gasteiger partial charge in [-0.1, -0.05) is 11.3 Å². The van der Waals surface area contributed by atoms with Crippen molar-refractivity contribution in [2.75, 3.05) is 11.9 Å². The van der Waals surface area contributed by atoms with Crippen LogP contribution in [0.1, 0.15) is 10.4 Å². The monoisotopic (exact) mass is 336 g/mol. The van der Waals surface area contributed by atoms with Crippen LogP contribution in [0.3, 0.4) is 0 Å². The van der Waals surface area contributed by atoms with E-state index in [4.69, 9.17) is 0 Å². The van der Waals surface area contributed by atoms with Crippen LogP contribution in [0.5, 0.6) is 5.88 Å². The molecule has 0 aliphatic rings. The van der Waals surface area contributed by atoms with Gasteiger partial charge in [0.05, 0.1) is 5.56 Å². The number of carbonyl (C=O) groups excluding carboxylic acids is 1. The second-order valence-corrected chi connectivity index (χ2v) is 4.77. The van der Waals surface area contributed by atoms with Gasteiger partial charge >= 0.3 is 12.3 Å². The Balaban J connectivity index is 1.94. The highest BCUT2D eigenvalue weighted by Crippen LogP contribution is 2.23. The number of rotatable bonds is 6. The van der Waals surface area contributed by atoms with Crippen LogP contribution in [0, 0.1) is 0 Å². The van der Waals surface area contributed by atoms with Gasteiger partial charge in [-0.25, -0.2) is 13.8 Å². The van der Waals surface area contributed by atoms with Crippen molar-refractivity contribution in [2.45, 2.75) is 12.3 Å². The van der Waals surface area contributed by atoms with Crippen LogP contribution in [0.25, 0.3) is 0 Å². The topological polar surface area (TPSA) is 77.0 Å². The third-order valence-corrected chi connectivity index (χ3v) is 2.92. The molecule has 0 saturated carbocycles. The van der Waals surface area contributed by atoms with Gasteiger partial charge < -0.3 is 4.74 Å². The van der Waals surface area contributed by atoms with E-state index in [9.17, 15) is 22.4 Å². The van der Waals surface area contributed by atoms with Crippen molar-refractivity contribution < 1.29 is 27.1 Å². The fourth-order valence-electron chi connectivity index (χ4n) is 1.23. The zero-order chi connectivity index (χ0) is 16.2. The van der Waals surface area contributed by atoms with E-state index in [1.54, 1.807) is 0 Å². The molecule has 0 aliphatic carbocycles. The van der Waals surface area contributed by atoms with Gasteiger partial charge in [0, 0.05) is 12.3 Å². The second-order valence-electron chi connectivity index (χ2n) is 3.93. The van der Waals surface area contributed by atoms with Gasteiger partial charge in [-0.3, -0.25) is 10.1 Å². The lowest BCUT2D eigenvalue weighted by Gasteiger charge is -2.15. The van der Waals surface area contributed by atoms with Gasteiger partial charge in [0.15, 0.2) is 6.61 Å². The number of carbonyl (C=O) groups is 1. The average molecular weight is 336 g/mol. The highest BCUT2D eigenvalue weighted by molar-refractivity contribution is 7.13. The van der Waals surface area contributed by atoms with Crippen LogP contribution < -0.4 is 10.1 Å². The normalized spacial score (nSPS) is 11.5. The second kappa shape index (κ2) is 6.64. The van der Waals surface area contributed by atoms with E-state index in [2.05, 4.69) is 25.2 Å². The smallest absolute Gasteiger partial charge is 0.340 e. The molecule has 2 heterocycles. The number of hydrogen-bond donors (Lipinski definition) is 1. The first-order chi connectivity index (χ1) is 10.4. The molecule has 118 valence electrons. The highest BCUT2D eigenvalue weighted by Gasteiger charge is 2.41. The lowest BCUT2D eigenvalue weighted by molar-refractivity contribution is -0.148. The molecule has 1 N–H and O–H groups in total. The Morgan fingerprint density at radius 3 is 2.73 bits per heavy atom. The number of pyridine rings is 1. The van der Waals surface area contributed by atoms with Crippen molar-refractivity contribution >= 4 is 22.4 Å². The van der Waals surface area contributed by atoms with Crippen molar-refractivity contribution in [3.63, 3.8) is 0 Å². The SMILES string of the molecule is O=C(Nc1nncs1)c1ccc(OCC(F)(F)C(F)F)nc1. The summed E-state index contributed by atoms with van der Waals surface area (Å²) in [5, 5.41) is 9.85. The molecule has 2 rings (SSSR count). The lowest BCUT2D eigenvalue weighted by Crippen LogP contribution is -2.33. The first-order valence-corrected chi connectivity index (χ1v) is 6.59. The van der Waals surface area contributed by atoms with Crippen LogP contribution in [-0.4, -0.2) is 40.0 Å². The predicted octanol–water partition coefficient (Wildman–Crippen LogP) is 2.46. The first-order valence-electron chi connectivity index (χ1n) is 5.71. The number of alkyl halides is 4. The molecular weight excluding hydrogens is 328 g/mol. The molecule has 0 bridgehead atoms. The number of nitrogens with one attached hydrogen (secondary N) is 1. The Morgan fingerprint density at radius 2 is 2.18 bits per heavy atom. The Hall–Kier alpha value is -2.30. The van der Waals surface area contributed by atoms with Gasteiger partial charge in [0.1, 0.15) is 5.51 Å². The van der Waals surface area contributed by atoms with Gasteiger partial charge in [-0.2, -0.15) is 8.78 Å². The summed E-state index contributed by atoms with van der Waals surface area (Å²) in [6.07, 6.45) is -2.77. The molecule has 11 heteroatoms. The van der Waals surface area contributed by atoms with E-state index in [1.807, 2.05) is 0 Å². The molecule has 22 heavy (non-hydrogen) atoms. The zero-order valence-electron chi connectivity index (χ0n) is 10.7. The quantitative estimate of drug-likeness (QED) is 0.820. The van der Waals surface area contributed by atoms with E-state index in [-0.39, 0.29) is 16.6 Å². The molecule has 0 radical (unpaired) electrons. The molecule has 0 fully saturated rings. The predicted molar refractivity (Wildman–Crippen MR) is 68.5 cm³/mol. The van der Waals surface area contributed by atoms with E-state index in [0.717, 1.165) is 23.6 Å². The molecule has 0 aliphatic heterocycles. The summed E-state index contributed by atoms with van der Waals surface area (Å²) in [7, 11) is 0. The maximum atomic E-state index is 12.7. The summed E-state index contributed by atoms with van der Waals surface area (Å²) in [4.78, 5) is 15.4. The molecule has 0 spiro atoms. The first kappa shape index (κ1) is 16.1. The molecule has 6 nitrogen and oxygen atoms in total. The van der Waals surface area contributed by atoms with Gasteiger partial charge in [-0.05, 0) is 6.07 Å². The van der Waals surface area contributed by atoms with Gasteiger partial charge in [-0.15, -0.1) is 10.2 Å². The summed E-state index contributed by atoms with van der Waals surface area (Å²) < 4.78 is 53.7. The minimum atomic E-state index is -4.27. The van der Waals surface area contributed by atoms with E-state index < -0.39 is 24.9 Å². The lowest BCUT2D eigenvalue weighted by atomic mass is 10.3. The van der Waals surface area contributed by atoms with Crippen molar-refractivity contribution in [3.05, 3.63) is 29.4 Å². The Bertz CT molecular complexity index is 622. The number of anilines is 1. The zero-order valence-corrected chi connectivity index (χ0v) is 11.5. The molecule has 2 aromatic rings. The molecule has 0 atom stereocenters. The van der Waals surface area contributed by atoms with Gasteiger partial charge in [0.25, 0.3) is 5.91 Å². The maximum absolute atomic E-state index is 12.7. The largest absolute Gasteiger partial charge is 0.471 e. The Morgan fingerprint density at radius 1 is 1.41 bits per heavy atom. The number of amides is 1. The number of nitrogens with zero attached hydrogens (tertiary/aromatic N) is 3. The fourth-order valence-corrected chi connectivity index (χ4v) is 1.67. The number of halogens is 4.